The highest BCUT2D eigenvalue weighted by Crippen LogP contribution is 2.24. The molecule has 1 heterocycles. The van der Waals surface area contributed by atoms with Crippen LogP contribution in [0.3, 0.4) is 0 Å². The maximum Gasteiger partial charge on any atom is 0.0365 e. The van der Waals surface area contributed by atoms with E-state index in [0.717, 1.165) is 0 Å². The molecule has 1 aliphatic rings. The van der Waals surface area contributed by atoms with Crippen molar-refractivity contribution in [3.63, 3.8) is 0 Å². The second kappa shape index (κ2) is 2.70. The van der Waals surface area contributed by atoms with E-state index in [1.54, 1.807) is 6.04 Å². The van der Waals surface area contributed by atoms with E-state index < -0.39 is 0 Å². The van der Waals surface area contributed by atoms with Crippen LogP contribution in [0.4, 0.5) is 0 Å². The Morgan fingerprint density at radius 1 is 1.44 bits per heavy atom. The topological polar surface area (TPSA) is 3.24 Å². The number of hydrogen-bond donors (Lipinski definition) is 0. The molecule has 1 fully saturated rings. The predicted molar refractivity (Wildman–Crippen MR) is 40.0 cm³/mol. The summed E-state index contributed by atoms with van der Waals surface area (Å²) in [6, 6.07) is 2.29. The lowest BCUT2D eigenvalue weighted by molar-refractivity contribution is 0.280. The van der Waals surface area contributed by atoms with Gasteiger partial charge in [0.1, 0.15) is 0 Å². The minimum atomic E-state index is 0.715. The Balaban J connectivity index is 2.40. The Hall–Kier alpha value is -0.0400. The van der Waals surface area contributed by atoms with Gasteiger partial charge in [-0.2, -0.15) is 0 Å². The lowest BCUT2D eigenvalue weighted by Crippen LogP contribution is -2.28. The number of likely N-dealkylation sites (tertiary alicyclic amines) is 1. The fraction of sp³-hybridized carbons (Fsp3) is 0.875. The van der Waals surface area contributed by atoms with Crippen molar-refractivity contribution in [3.05, 3.63) is 6.04 Å². The van der Waals surface area contributed by atoms with Crippen molar-refractivity contribution < 1.29 is 0 Å². The third-order valence-electron chi connectivity index (χ3n) is 2.05. The van der Waals surface area contributed by atoms with Crippen LogP contribution in [-0.2, 0) is 0 Å². The van der Waals surface area contributed by atoms with Crippen molar-refractivity contribution in [3.8, 4) is 0 Å². The first-order valence-corrected chi connectivity index (χ1v) is 3.81. The fourth-order valence-corrected chi connectivity index (χ4v) is 1.54. The molecule has 0 amide bonds. The molecule has 0 spiro atoms. The van der Waals surface area contributed by atoms with Gasteiger partial charge in [-0.1, -0.05) is 0 Å². The van der Waals surface area contributed by atoms with Gasteiger partial charge in [-0.3, -0.25) is 4.90 Å². The van der Waals surface area contributed by atoms with Crippen molar-refractivity contribution in [1.82, 2.24) is 4.90 Å². The van der Waals surface area contributed by atoms with Crippen molar-refractivity contribution in [2.24, 2.45) is 0 Å². The molecular formula is C8H16N. The third kappa shape index (κ3) is 1.45. The maximum absolute atomic E-state index is 2.49. The Bertz CT molecular complexity index is 88.6. The molecule has 0 aromatic carbocycles. The van der Waals surface area contributed by atoms with Crippen LogP contribution < -0.4 is 0 Å². The first kappa shape index (κ1) is 7.07. The molecule has 0 unspecified atom stereocenters. The van der Waals surface area contributed by atoms with Gasteiger partial charge in [0.2, 0.25) is 0 Å². The van der Waals surface area contributed by atoms with E-state index in [1.165, 1.54) is 19.4 Å². The second-order valence-electron chi connectivity index (χ2n) is 3.13. The van der Waals surface area contributed by atoms with Crippen molar-refractivity contribution in [2.45, 2.75) is 39.7 Å². The molecule has 9 heavy (non-hydrogen) atoms. The van der Waals surface area contributed by atoms with E-state index in [2.05, 4.69) is 25.7 Å². The van der Waals surface area contributed by atoms with Crippen molar-refractivity contribution in [1.29, 1.82) is 0 Å². The molecule has 0 atom stereocenters. The molecule has 0 aromatic heterocycles. The van der Waals surface area contributed by atoms with Gasteiger partial charge in [0.15, 0.2) is 0 Å². The zero-order valence-electron chi connectivity index (χ0n) is 6.65. The Morgan fingerprint density at radius 2 is 2.11 bits per heavy atom. The van der Waals surface area contributed by atoms with Gasteiger partial charge in [-0.05, 0) is 40.2 Å². The molecule has 0 aromatic rings. The molecule has 0 N–H and O–H groups in total. The van der Waals surface area contributed by atoms with E-state index in [9.17, 15) is 0 Å². The molecule has 53 valence electrons. The minimum Gasteiger partial charge on any atom is -0.294 e. The quantitative estimate of drug-likeness (QED) is 0.519. The van der Waals surface area contributed by atoms with Gasteiger partial charge < -0.3 is 0 Å². The van der Waals surface area contributed by atoms with Gasteiger partial charge >= 0.3 is 0 Å². The van der Waals surface area contributed by atoms with Crippen LogP contribution in [0.2, 0.25) is 0 Å². The Morgan fingerprint density at radius 3 is 2.33 bits per heavy atom. The standard InChI is InChI=1S/C8H16N/c1-7(2)9-6-4-5-8(9)3/h7H,4-6H2,1-3H3. The molecule has 0 aliphatic carbocycles. The highest BCUT2D eigenvalue weighted by Gasteiger charge is 2.22. The first-order chi connectivity index (χ1) is 4.22. The summed E-state index contributed by atoms with van der Waals surface area (Å²) in [4.78, 5) is 2.49. The van der Waals surface area contributed by atoms with Gasteiger partial charge in [0, 0.05) is 12.1 Å². The fourth-order valence-electron chi connectivity index (χ4n) is 1.54. The van der Waals surface area contributed by atoms with Gasteiger partial charge in [-0.15, -0.1) is 0 Å². The summed E-state index contributed by atoms with van der Waals surface area (Å²) in [5, 5.41) is 0. The average molecular weight is 126 g/mol. The van der Waals surface area contributed by atoms with E-state index in [-0.39, 0.29) is 0 Å². The molecule has 1 rings (SSSR count). The van der Waals surface area contributed by atoms with Gasteiger partial charge in [-0.25, -0.2) is 0 Å². The highest BCUT2D eigenvalue weighted by molar-refractivity contribution is 4.92. The summed E-state index contributed by atoms with van der Waals surface area (Å²) in [6.45, 7) is 8.04. The summed E-state index contributed by atoms with van der Waals surface area (Å²) in [5.74, 6) is 0. The number of nitrogens with zero attached hydrogens (tertiary/aromatic N) is 1. The molecule has 0 bridgehead atoms. The van der Waals surface area contributed by atoms with Crippen molar-refractivity contribution in [2.75, 3.05) is 6.54 Å². The van der Waals surface area contributed by atoms with Crippen LogP contribution in [0.1, 0.15) is 33.6 Å². The summed E-state index contributed by atoms with van der Waals surface area (Å²) < 4.78 is 0. The Labute approximate surface area is 58.0 Å². The lowest BCUT2D eigenvalue weighted by atomic mass is 10.2. The first-order valence-electron chi connectivity index (χ1n) is 3.81. The third-order valence-corrected chi connectivity index (χ3v) is 2.05. The number of hydrogen-bond acceptors (Lipinski definition) is 1. The van der Waals surface area contributed by atoms with Crippen LogP contribution in [0.25, 0.3) is 0 Å². The smallest absolute Gasteiger partial charge is 0.0365 e. The van der Waals surface area contributed by atoms with Crippen LogP contribution in [0, 0.1) is 6.04 Å². The molecule has 1 radical (unpaired) electrons. The normalized spacial score (nSPS) is 24.0. The molecule has 0 saturated carbocycles. The van der Waals surface area contributed by atoms with E-state index in [0.29, 0.717) is 6.04 Å². The maximum atomic E-state index is 2.49. The molecule has 1 saturated heterocycles. The van der Waals surface area contributed by atoms with E-state index >= 15 is 0 Å². The van der Waals surface area contributed by atoms with Crippen LogP contribution in [-0.4, -0.2) is 17.5 Å². The van der Waals surface area contributed by atoms with Crippen LogP contribution in [0.5, 0.6) is 0 Å². The average Bonchev–Trinajstić information content (AvgIpc) is 2.13. The summed E-state index contributed by atoms with van der Waals surface area (Å²) in [5.41, 5.74) is 0. The Kier molecular flexibility index (Phi) is 2.12. The zero-order valence-corrected chi connectivity index (χ0v) is 6.65. The van der Waals surface area contributed by atoms with E-state index in [1.807, 2.05) is 0 Å². The number of rotatable bonds is 1. The van der Waals surface area contributed by atoms with Crippen LogP contribution >= 0.6 is 0 Å². The predicted octanol–water partition coefficient (Wildman–Crippen LogP) is 2.04. The highest BCUT2D eigenvalue weighted by atomic mass is 15.2. The summed E-state index contributed by atoms with van der Waals surface area (Å²) >= 11 is 0. The second-order valence-corrected chi connectivity index (χ2v) is 3.13. The summed E-state index contributed by atoms with van der Waals surface area (Å²) in [6.07, 6.45) is 2.68. The molecule has 1 nitrogen and oxygen atoms in total. The molecule has 1 aliphatic heterocycles. The largest absolute Gasteiger partial charge is 0.294 e. The van der Waals surface area contributed by atoms with Gasteiger partial charge in [0.25, 0.3) is 0 Å². The van der Waals surface area contributed by atoms with Crippen molar-refractivity contribution >= 4 is 0 Å². The minimum absolute atomic E-state index is 0.715. The lowest BCUT2D eigenvalue weighted by Gasteiger charge is -2.24. The molecular weight excluding hydrogens is 110 g/mol. The van der Waals surface area contributed by atoms with E-state index in [4.69, 9.17) is 0 Å². The zero-order chi connectivity index (χ0) is 6.85. The van der Waals surface area contributed by atoms with Gasteiger partial charge in [0.05, 0.1) is 0 Å². The summed E-state index contributed by atoms with van der Waals surface area (Å²) in [7, 11) is 0. The monoisotopic (exact) mass is 126 g/mol. The SMILES string of the molecule is C[C]1CCCN1C(C)C. The van der Waals surface area contributed by atoms with Crippen LogP contribution in [0.15, 0.2) is 0 Å². The molecule has 1 heteroatoms.